The summed E-state index contributed by atoms with van der Waals surface area (Å²) in [5.41, 5.74) is 5.40. The van der Waals surface area contributed by atoms with Crippen LogP contribution in [-0.2, 0) is 4.79 Å². The molecule has 1 heterocycles. The lowest BCUT2D eigenvalue weighted by molar-refractivity contribution is -0.113. The van der Waals surface area contributed by atoms with Crippen LogP contribution >= 0.6 is 0 Å². The van der Waals surface area contributed by atoms with Crippen molar-refractivity contribution in [2.45, 2.75) is 13.8 Å². The zero-order valence-corrected chi connectivity index (χ0v) is 15.4. The first-order chi connectivity index (χ1) is 13.1. The Morgan fingerprint density at radius 2 is 1.52 bits per heavy atom. The van der Waals surface area contributed by atoms with Crippen molar-refractivity contribution < 1.29 is 4.79 Å². The third-order valence-electron chi connectivity index (χ3n) is 4.59. The number of benzene rings is 3. The van der Waals surface area contributed by atoms with Gasteiger partial charge in [-0.15, -0.1) is 0 Å². The molecule has 3 heteroatoms. The molecule has 0 aromatic heterocycles. The van der Waals surface area contributed by atoms with E-state index >= 15 is 0 Å². The Hall–Kier alpha value is -3.46. The summed E-state index contributed by atoms with van der Waals surface area (Å²) in [6.45, 7) is 4.08. The minimum Gasteiger partial charge on any atom is -0.266 e. The van der Waals surface area contributed by atoms with Gasteiger partial charge >= 0.3 is 0 Å². The molecule has 0 atom stereocenters. The van der Waals surface area contributed by atoms with Crippen LogP contribution in [0, 0.1) is 13.8 Å². The first-order valence-corrected chi connectivity index (χ1v) is 8.96. The highest BCUT2D eigenvalue weighted by atomic mass is 16.2. The fourth-order valence-corrected chi connectivity index (χ4v) is 3.28. The number of carbonyl (C=O) groups is 1. The molecule has 0 aliphatic carbocycles. The Balaban J connectivity index is 1.85. The molecule has 0 bridgehead atoms. The molecule has 0 N–H and O–H groups in total. The number of anilines is 1. The molecule has 132 valence electrons. The first-order valence-electron chi connectivity index (χ1n) is 8.96. The van der Waals surface area contributed by atoms with Crippen LogP contribution in [0.4, 0.5) is 5.69 Å². The molecule has 1 aliphatic heterocycles. The van der Waals surface area contributed by atoms with E-state index in [1.165, 1.54) is 5.56 Å². The minimum atomic E-state index is -0.107. The lowest BCUT2D eigenvalue weighted by Crippen LogP contribution is -2.33. The third kappa shape index (κ3) is 3.32. The van der Waals surface area contributed by atoms with Crippen molar-refractivity contribution in [3.63, 3.8) is 0 Å². The fourth-order valence-electron chi connectivity index (χ4n) is 3.28. The van der Waals surface area contributed by atoms with E-state index in [4.69, 9.17) is 4.99 Å². The molecule has 0 saturated carbocycles. The number of aryl methyl sites for hydroxylation is 2. The molecule has 0 saturated heterocycles. The van der Waals surface area contributed by atoms with Crippen molar-refractivity contribution in [1.82, 2.24) is 0 Å². The van der Waals surface area contributed by atoms with E-state index in [1.807, 2.05) is 85.8 Å². The quantitative estimate of drug-likeness (QED) is 0.601. The second kappa shape index (κ2) is 7.04. The van der Waals surface area contributed by atoms with Gasteiger partial charge in [0.05, 0.1) is 5.69 Å². The molecule has 3 aromatic carbocycles. The molecule has 0 radical (unpaired) electrons. The van der Waals surface area contributed by atoms with Crippen molar-refractivity contribution in [2.24, 2.45) is 4.99 Å². The van der Waals surface area contributed by atoms with Gasteiger partial charge in [0.1, 0.15) is 11.5 Å². The van der Waals surface area contributed by atoms with Gasteiger partial charge in [-0.25, -0.2) is 4.99 Å². The van der Waals surface area contributed by atoms with E-state index in [0.717, 1.165) is 22.4 Å². The van der Waals surface area contributed by atoms with Crippen molar-refractivity contribution in [3.8, 4) is 0 Å². The number of carbonyl (C=O) groups excluding carboxylic acids is 1. The third-order valence-corrected chi connectivity index (χ3v) is 4.59. The fraction of sp³-hybridized carbons (Fsp3) is 0.0833. The molecule has 4 rings (SSSR count). The van der Waals surface area contributed by atoms with Crippen molar-refractivity contribution in [2.75, 3.05) is 4.90 Å². The SMILES string of the molecule is Cc1ccc(N2C(=O)/C(=C/c3ccccc3)N=C2c2ccccc2)c(C)c1. The molecule has 27 heavy (non-hydrogen) atoms. The number of hydrogen-bond donors (Lipinski definition) is 0. The number of amidine groups is 1. The van der Waals surface area contributed by atoms with Gasteiger partial charge in [-0.3, -0.25) is 9.69 Å². The topological polar surface area (TPSA) is 32.7 Å². The normalized spacial score (nSPS) is 15.3. The van der Waals surface area contributed by atoms with Crippen molar-refractivity contribution >= 4 is 23.5 Å². The zero-order chi connectivity index (χ0) is 18.8. The molecule has 1 aliphatic rings. The van der Waals surface area contributed by atoms with E-state index in [9.17, 15) is 4.79 Å². The highest BCUT2D eigenvalue weighted by Gasteiger charge is 2.33. The van der Waals surface area contributed by atoms with E-state index in [2.05, 4.69) is 13.0 Å². The van der Waals surface area contributed by atoms with Crippen LogP contribution in [0.5, 0.6) is 0 Å². The largest absolute Gasteiger partial charge is 0.282 e. The van der Waals surface area contributed by atoms with Crippen LogP contribution in [-0.4, -0.2) is 11.7 Å². The summed E-state index contributed by atoms with van der Waals surface area (Å²) in [5, 5.41) is 0. The highest BCUT2D eigenvalue weighted by molar-refractivity contribution is 6.33. The van der Waals surface area contributed by atoms with Gasteiger partial charge in [0.25, 0.3) is 5.91 Å². The predicted octanol–water partition coefficient (Wildman–Crippen LogP) is 5.14. The molecule has 0 spiro atoms. The van der Waals surface area contributed by atoms with E-state index in [-0.39, 0.29) is 5.91 Å². The summed E-state index contributed by atoms with van der Waals surface area (Å²) in [4.78, 5) is 19.7. The maximum Gasteiger partial charge on any atom is 0.282 e. The van der Waals surface area contributed by atoms with Crippen LogP contribution in [0.25, 0.3) is 6.08 Å². The molecular formula is C24H20N2O. The summed E-state index contributed by atoms with van der Waals surface area (Å²) in [6, 6.07) is 25.8. The van der Waals surface area contributed by atoms with Gasteiger partial charge in [0, 0.05) is 5.56 Å². The van der Waals surface area contributed by atoms with Gasteiger partial charge in [-0.1, -0.05) is 78.4 Å². The summed E-state index contributed by atoms with van der Waals surface area (Å²) >= 11 is 0. The minimum absolute atomic E-state index is 0.107. The van der Waals surface area contributed by atoms with Crippen molar-refractivity contribution in [1.29, 1.82) is 0 Å². The monoisotopic (exact) mass is 352 g/mol. The molecule has 3 aromatic rings. The van der Waals surface area contributed by atoms with Gasteiger partial charge < -0.3 is 0 Å². The second-order valence-electron chi connectivity index (χ2n) is 6.67. The smallest absolute Gasteiger partial charge is 0.266 e. The van der Waals surface area contributed by atoms with Crippen LogP contribution in [0.3, 0.4) is 0 Å². The zero-order valence-electron chi connectivity index (χ0n) is 15.4. The number of rotatable bonds is 3. The van der Waals surface area contributed by atoms with Crippen LogP contribution in [0.2, 0.25) is 0 Å². The van der Waals surface area contributed by atoms with Crippen molar-refractivity contribution in [3.05, 3.63) is 107 Å². The molecule has 3 nitrogen and oxygen atoms in total. The maximum atomic E-state index is 13.3. The lowest BCUT2D eigenvalue weighted by Gasteiger charge is -2.21. The lowest BCUT2D eigenvalue weighted by atomic mass is 10.1. The van der Waals surface area contributed by atoms with Crippen LogP contribution in [0.1, 0.15) is 22.3 Å². The van der Waals surface area contributed by atoms with Gasteiger partial charge in [-0.05, 0) is 37.1 Å². The Labute approximate surface area is 159 Å². The van der Waals surface area contributed by atoms with Gasteiger partial charge in [-0.2, -0.15) is 0 Å². The number of hydrogen-bond acceptors (Lipinski definition) is 2. The summed E-state index contributed by atoms with van der Waals surface area (Å²) in [5.74, 6) is 0.555. The standard InChI is InChI=1S/C24H20N2O/c1-17-13-14-22(18(2)15-17)26-23(20-11-7-4-8-12-20)25-21(24(26)27)16-19-9-5-3-6-10-19/h3-16H,1-2H3/b21-16-. The van der Waals surface area contributed by atoms with Gasteiger partial charge in [0.15, 0.2) is 0 Å². The first kappa shape index (κ1) is 17.0. The van der Waals surface area contributed by atoms with Gasteiger partial charge in [0.2, 0.25) is 0 Å². The average Bonchev–Trinajstić information content (AvgIpc) is 3.00. The predicted molar refractivity (Wildman–Crippen MR) is 111 cm³/mol. The molecular weight excluding hydrogens is 332 g/mol. The van der Waals surface area contributed by atoms with E-state index < -0.39 is 0 Å². The Morgan fingerprint density at radius 3 is 2.19 bits per heavy atom. The molecule has 1 amide bonds. The summed E-state index contributed by atoms with van der Waals surface area (Å²) in [7, 11) is 0. The average molecular weight is 352 g/mol. The van der Waals surface area contributed by atoms with Crippen LogP contribution in [0.15, 0.2) is 89.6 Å². The Bertz CT molecular complexity index is 1050. The van der Waals surface area contributed by atoms with E-state index in [0.29, 0.717) is 11.5 Å². The second-order valence-corrected chi connectivity index (χ2v) is 6.67. The molecule has 0 unspecified atom stereocenters. The molecule has 0 fully saturated rings. The number of nitrogens with zero attached hydrogens (tertiary/aromatic N) is 2. The summed E-state index contributed by atoms with van der Waals surface area (Å²) in [6.07, 6.45) is 1.84. The highest BCUT2D eigenvalue weighted by Crippen LogP contribution is 2.30. The summed E-state index contributed by atoms with van der Waals surface area (Å²) < 4.78 is 0. The Morgan fingerprint density at radius 1 is 0.852 bits per heavy atom. The van der Waals surface area contributed by atoms with E-state index in [1.54, 1.807) is 4.90 Å². The maximum absolute atomic E-state index is 13.3. The number of amides is 1. The number of aliphatic imine (C=N–C) groups is 1. The van der Waals surface area contributed by atoms with Crippen LogP contribution < -0.4 is 4.90 Å². The Kier molecular flexibility index (Phi) is 4.43.